The fourth-order valence-electron chi connectivity index (χ4n) is 2.82. The highest BCUT2D eigenvalue weighted by molar-refractivity contribution is 6.19. The molecule has 5 heteroatoms. The number of aliphatic carboxylic acids is 2. The van der Waals surface area contributed by atoms with Gasteiger partial charge in [-0.25, -0.2) is 9.59 Å². The fourth-order valence-corrected chi connectivity index (χ4v) is 2.82. The average Bonchev–Trinajstić information content (AvgIpc) is 2.56. The van der Waals surface area contributed by atoms with Gasteiger partial charge in [-0.3, -0.25) is 4.79 Å². The SMILES string of the molecule is CCCCCCCCCCCCCCCC(=O)/C(=C/C(=O)O)C(=O)O. The van der Waals surface area contributed by atoms with Crippen LogP contribution in [0.2, 0.25) is 0 Å². The van der Waals surface area contributed by atoms with Crippen LogP contribution in [0.5, 0.6) is 0 Å². The van der Waals surface area contributed by atoms with Crippen LogP contribution in [0.4, 0.5) is 0 Å². The van der Waals surface area contributed by atoms with Gasteiger partial charge in [0.1, 0.15) is 5.57 Å². The summed E-state index contributed by atoms with van der Waals surface area (Å²) >= 11 is 0. The summed E-state index contributed by atoms with van der Waals surface area (Å²) in [5.41, 5.74) is -0.633. The van der Waals surface area contributed by atoms with Crippen LogP contribution < -0.4 is 0 Å². The Hall–Kier alpha value is -1.65. The van der Waals surface area contributed by atoms with Crippen LogP contribution in [0, 0.1) is 0 Å². The molecule has 0 radical (unpaired) electrons. The van der Waals surface area contributed by atoms with Crippen molar-refractivity contribution in [3.8, 4) is 0 Å². The molecule has 0 bridgehead atoms. The quantitative estimate of drug-likeness (QED) is 0.163. The Labute approximate surface area is 151 Å². The van der Waals surface area contributed by atoms with Gasteiger partial charge in [-0.2, -0.15) is 0 Å². The summed E-state index contributed by atoms with van der Waals surface area (Å²) in [4.78, 5) is 33.1. The zero-order valence-corrected chi connectivity index (χ0v) is 15.6. The lowest BCUT2D eigenvalue weighted by atomic mass is 10.0. The molecule has 0 amide bonds. The molecule has 0 saturated heterocycles. The molecule has 0 aliphatic rings. The molecule has 0 aliphatic heterocycles. The fraction of sp³-hybridized carbons (Fsp3) is 0.750. The number of rotatable bonds is 17. The summed E-state index contributed by atoms with van der Waals surface area (Å²) in [6.45, 7) is 2.23. The summed E-state index contributed by atoms with van der Waals surface area (Å²) in [5, 5.41) is 17.4. The van der Waals surface area contributed by atoms with Crippen LogP contribution in [0.1, 0.15) is 96.8 Å². The van der Waals surface area contributed by atoms with E-state index in [9.17, 15) is 14.4 Å². The third kappa shape index (κ3) is 14.4. The number of carbonyl (C=O) groups excluding carboxylic acids is 1. The zero-order valence-electron chi connectivity index (χ0n) is 15.6. The monoisotopic (exact) mass is 354 g/mol. The third-order valence-corrected chi connectivity index (χ3v) is 4.31. The summed E-state index contributed by atoms with van der Waals surface area (Å²) in [6, 6.07) is 0. The second-order valence-electron chi connectivity index (χ2n) is 6.62. The van der Waals surface area contributed by atoms with Crippen molar-refractivity contribution in [1.29, 1.82) is 0 Å². The highest BCUT2D eigenvalue weighted by atomic mass is 16.4. The molecule has 25 heavy (non-hydrogen) atoms. The molecule has 2 N–H and O–H groups in total. The highest BCUT2D eigenvalue weighted by Gasteiger charge is 2.18. The molecule has 0 spiro atoms. The van der Waals surface area contributed by atoms with Gasteiger partial charge in [-0.15, -0.1) is 0 Å². The van der Waals surface area contributed by atoms with Crippen molar-refractivity contribution in [2.75, 3.05) is 0 Å². The molecule has 0 atom stereocenters. The maximum absolute atomic E-state index is 11.7. The molecule has 0 aromatic carbocycles. The van der Waals surface area contributed by atoms with Crippen molar-refractivity contribution in [2.45, 2.75) is 96.8 Å². The lowest BCUT2D eigenvalue weighted by molar-refractivity contribution is -0.137. The lowest BCUT2D eigenvalue weighted by Crippen LogP contribution is -2.14. The van der Waals surface area contributed by atoms with E-state index in [1.807, 2.05) is 0 Å². The normalized spacial score (nSPS) is 11.5. The summed E-state index contributed by atoms with van der Waals surface area (Å²) in [7, 11) is 0. The lowest BCUT2D eigenvalue weighted by Gasteiger charge is -2.03. The van der Waals surface area contributed by atoms with Crippen molar-refractivity contribution in [3.05, 3.63) is 11.6 Å². The Balaban J connectivity index is 3.56. The van der Waals surface area contributed by atoms with Gasteiger partial charge in [0, 0.05) is 12.5 Å². The van der Waals surface area contributed by atoms with E-state index in [4.69, 9.17) is 10.2 Å². The van der Waals surface area contributed by atoms with Gasteiger partial charge in [0.2, 0.25) is 0 Å². The van der Waals surface area contributed by atoms with Gasteiger partial charge in [0.25, 0.3) is 0 Å². The van der Waals surface area contributed by atoms with E-state index in [0.29, 0.717) is 12.5 Å². The molecule has 0 heterocycles. The zero-order chi connectivity index (χ0) is 18.9. The predicted octanol–water partition coefficient (Wildman–Crippen LogP) is 5.13. The largest absolute Gasteiger partial charge is 0.478 e. The Kier molecular flexibility index (Phi) is 14.8. The van der Waals surface area contributed by atoms with Gasteiger partial charge in [0.05, 0.1) is 0 Å². The number of hydrogen-bond acceptors (Lipinski definition) is 3. The maximum Gasteiger partial charge on any atom is 0.339 e. The van der Waals surface area contributed by atoms with Crippen molar-refractivity contribution in [1.82, 2.24) is 0 Å². The molecule has 0 aromatic heterocycles. The molecule has 0 rings (SSSR count). The van der Waals surface area contributed by atoms with Gasteiger partial charge in [0.15, 0.2) is 5.78 Å². The number of unbranched alkanes of at least 4 members (excludes halogenated alkanes) is 12. The van der Waals surface area contributed by atoms with E-state index in [1.54, 1.807) is 0 Å². The van der Waals surface area contributed by atoms with E-state index in [-0.39, 0.29) is 6.42 Å². The molecule has 0 aromatic rings. The molecule has 0 unspecified atom stereocenters. The predicted molar refractivity (Wildman–Crippen MR) is 98.7 cm³/mol. The van der Waals surface area contributed by atoms with Gasteiger partial charge >= 0.3 is 11.9 Å². The van der Waals surface area contributed by atoms with Crippen LogP contribution in [-0.2, 0) is 14.4 Å². The van der Waals surface area contributed by atoms with Crippen LogP contribution in [0.25, 0.3) is 0 Å². The Morgan fingerprint density at radius 3 is 1.44 bits per heavy atom. The molecule has 0 saturated carbocycles. The molecule has 0 fully saturated rings. The number of carboxylic acid groups (broad SMARTS) is 2. The second kappa shape index (κ2) is 15.9. The second-order valence-corrected chi connectivity index (χ2v) is 6.62. The van der Waals surface area contributed by atoms with Crippen molar-refractivity contribution < 1.29 is 24.6 Å². The highest BCUT2D eigenvalue weighted by Crippen LogP contribution is 2.13. The van der Waals surface area contributed by atoms with Crippen LogP contribution >= 0.6 is 0 Å². The van der Waals surface area contributed by atoms with Crippen LogP contribution in [0.3, 0.4) is 0 Å². The van der Waals surface area contributed by atoms with Crippen molar-refractivity contribution in [3.63, 3.8) is 0 Å². The molecule has 0 aliphatic carbocycles. The molecular weight excluding hydrogens is 320 g/mol. The number of ketones is 1. The number of Topliss-reactive ketones (excluding diaryl/α,β-unsaturated/α-hetero) is 1. The Morgan fingerprint density at radius 2 is 1.08 bits per heavy atom. The average molecular weight is 354 g/mol. The summed E-state index contributed by atoms with van der Waals surface area (Å²) in [5.74, 6) is -3.48. The standard InChI is InChI=1S/C20H34O5/c1-2-3-4-5-6-7-8-9-10-11-12-13-14-15-18(21)17(20(24)25)16-19(22)23/h16H,2-15H2,1H3,(H,22,23)(H,24,25)/b17-16-. The first kappa shape index (κ1) is 23.4. The number of hydrogen-bond donors (Lipinski definition) is 2. The van der Waals surface area contributed by atoms with E-state index in [2.05, 4.69) is 6.92 Å². The van der Waals surface area contributed by atoms with Gasteiger partial charge < -0.3 is 10.2 Å². The maximum atomic E-state index is 11.7. The first-order valence-electron chi connectivity index (χ1n) is 9.70. The molecular formula is C20H34O5. The Morgan fingerprint density at radius 1 is 0.680 bits per heavy atom. The van der Waals surface area contributed by atoms with Gasteiger partial charge in [-0.05, 0) is 6.42 Å². The number of carboxylic acids is 2. The minimum Gasteiger partial charge on any atom is -0.478 e. The van der Waals surface area contributed by atoms with Crippen molar-refractivity contribution >= 4 is 17.7 Å². The number of carbonyl (C=O) groups is 3. The van der Waals surface area contributed by atoms with Gasteiger partial charge in [-0.1, -0.05) is 84.0 Å². The summed E-state index contributed by atoms with van der Waals surface area (Å²) in [6.07, 6.45) is 16.0. The van der Waals surface area contributed by atoms with Crippen LogP contribution in [-0.4, -0.2) is 27.9 Å². The smallest absolute Gasteiger partial charge is 0.339 e. The van der Waals surface area contributed by atoms with E-state index < -0.39 is 23.3 Å². The third-order valence-electron chi connectivity index (χ3n) is 4.31. The summed E-state index contributed by atoms with van der Waals surface area (Å²) < 4.78 is 0. The minimum absolute atomic E-state index is 0.100. The topological polar surface area (TPSA) is 91.7 Å². The molecule has 5 nitrogen and oxygen atoms in total. The van der Waals surface area contributed by atoms with Crippen LogP contribution in [0.15, 0.2) is 11.6 Å². The first-order valence-corrected chi connectivity index (χ1v) is 9.70. The van der Waals surface area contributed by atoms with E-state index >= 15 is 0 Å². The first-order chi connectivity index (χ1) is 12.0. The molecule has 144 valence electrons. The van der Waals surface area contributed by atoms with Crippen molar-refractivity contribution in [2.24, 2.45) is 0 Å². The van der Waals surface area contributed by atoms with E-state index in [1.165, 1.54) is 57.8 Å². The van der Waals surface area contributed by atoms with E-state index in [0.717, 1.165) is 19.3 Å². The minimum atomic E-state index is -1.47. The Bertz CT molecular complexity index is 426.